The summed E-state index contributed by atoms with van der Waals surface area (Å²) in [7, 11) is 0. The number of ether oxygens (including phenoxy) is 2. The van der Waals surface area contributed by atoms with Crippen LogP contribution in [0, 0.1) is 12.8 Å². The van der Waals surface area contributed by atoms with E-state index in [1.165, 1.54) is 4.90 Å². The molecule has 2 aromatic rings. The molecule has 0 saturated heterocycles. The van der Waals surface area contributed by atoms with Crippen molar-refractivity contribution in [3.63, 3.8) is 0 Å². The molecule has 1 saturated carbocycles. The molecule has 4 rings (SSSR count). The molecule has 1 aliphatic carbocycles. The zero-order valence-electron chi connectivity index (χ0n) is 18.7. The second-order valence-electron chi connectivity index (χ2n) is 8.10. The third-order valence-electron chi connectivity index (χ3n) is 5.58. The number of benzodiazepines with no additional fused rings is 1. The number of alkyl carbamates (subject to hydrolysis) is 1. The molecule has 0 radical (unpaired) electrons. The van der Waals surface area contributed by atoms with Crippen molar-refractivity contribution in [1.29, 1.82) is 0 Å². The van der Waals surface area contributed by atoms with Gasteiger partial charge in [0.05, 0.1) is 18.0 Å². The van der Waals surface area contributed by atoms with E-state index in [0.29, 0.717) is 5.69 Å². The second-order valence-corrected chi connectivity index (χ2v) is 8.10. The molecule has 1 atom stereocenters. The number of anilines is 1. The summed E-state index contributed by atoms with van der Waals surface area (Å²) in [6.45, 7) is 3.60. The summed E-state index contributed by atoms with van der Waals surface area (Å²) in [4.78, 5) is 44.4. The Morgan fingerprint density at radius 3 is 2.55 bits per heavy atom. The number of nitrogens with one attached hydrogen (secondary N) is 1. The highest BCUT2D eigenvalue weighted by Crippen LogP contribution is 2.39. The van der Waals surface area contributed by atoms with E-state index in [1.54, 1.807) is 6.92 Å². The Kier molecular flexibility index (Phi) is 6.72. The minimum absolute atomic E-state index is 0.0681. The van der Waals surface area contributed by atoms with Gasteiger partial charge < -0.3 is 9.47 Å². The molecule has 1 fully saturated rings. The highest BCUT2D eigenvalue weighted by Gasteiger charge is 2.39. The zero-order chi connectivity index (χ0) is 23.4. The molecular weight excluding hydrogens is 422 g/mol. The van der Waals surface area contributed by atoms with E-state index in [-0.39, 0.29) is 25.7 Å². The molecule has 1 aliphatic heterocycles. The molecule has 2 amide bonds. The summed E-state index contributed by atoms with van der Waals surface area (Å²) in [6.07, 6.45) is -0.0348. The molecule has 33 heavy (non-hydrogen) atoms. The van der Waals surface area contributed by atoms with Crippen molar-refractivity contribution in [1.82, 2.24) is 5.32 Å². The van der Waals surface area contributed by atoms with Crippen LogP contribution >= 0.6 is 0 Å². The van der Waals surface area contributed by atoms with E-state index in [0.717, 1.165) is 35.2 Å². The van der Waals surface area contributed by atoms with Crippen LogP contribution in [-0.4, -0.2) is 43.0 Å². The molecule has 0 bridgehead atoms. The van der Waals surface area contributed by atoms with E-state index in [9.17, 15) is 14.4 Å². The lowest BCUT2D eigenvalue weighted by atomic mass is 10.00. The zero-order valence-corrected chi connectivity index (χ0v) is 18.7. The van der Waals surface area contributed by atoms with E-state index in [4.69, 9.17) is 9.47 Å². The van der Waals surface area contributed by atoms with Crippen molar-refractivity contribution in [2.24, 2.45) is 10.9 Å². The molecule has 8 heteroatoms. The van der Waals surface area contributed by atoms with Crippen LogP contribution in [0.15, 0.2) is 53.5 Å². The monoisotopic (exact) mass is 449 g/mol. The number of fused-ring (bicyclic) bond motifs is 1. The van der Waals surface area contributed by atoms with E-state index in [2.05, 4.69) is 10.3 Å². The molecule has 0 unspecified atom stereocenters. The number of para-hydroxylation sites is 1. The number of amides is 2. The van der Waals surface area contributed by atoms with Gasteiger partial charge in [0, 0.05) is 11.5 Å². The predicted octanol–water partition coefficient (Wildman–Crippen LogP) is 3.36. The minimum atomic E-state index is -1.20. The van der Waals surface area contributed by atoms with Crippen LogP contribution < -0.4 is 10.2 Å². The summed E-state index contributed by atoms with van der Waals surface area (Å²) in [5.41, 5.74) is 3.86. The summed E-state index contributed by atoms with van der Waals surface area (Å²) >= 11 is 0. The Balaban J connectivity index is 1.62. The van der Waals surface area contributed by atoms with Crippen LogP contribution in [0.5, 0.6) is 0 Å². The van der Waals surface area contributed by atoms with Crippen LogP contribution in [0.25, 0.3) is 0 Å². The Morgan fingerprint density at radius 1 is 1.09 bits per heavy atom. The van der Waals surface area contributed by atoms with E-state index < -0.39 is 24.1 Å². The standard InChI is InChI=1S/C25H27N3O5/c1-3-32-20(29)14-28-22-16(2)8-7-11-19(22)21(18-12-13-18)26-23(24(28)30)27-25(31)33-15-17-9-5-4-6-10-17/h4-11,18,23H,3,12-15H2,1-2H3,(H,27,31)/t23-/m1/s1. The van der Waals surface area contributed by atoms with Crippen LogP contribution in [0.4, 0.5) is 10.5 Å². The number of carbonyl (C=O) groups is 3. The Morgan fingerprint density at radius 2 is 1.85 bits per heavy atom. The second kappa shape index (κ2) is 9.85. The maximum Gasteiger partial charge on any atom is 0.409 e. The quantitative estimate of drug-likeness (QED) is 0.654. The highest BCUT2D eigenvalue weighted by molar-refractivity contribution is 6.16. The number of aliphatic imine (C=N–C) groups is 1. The maximum absolute atomic E-state index is 13.5. The van der Waals surface area contributed by atoms with Crippen molar-refractivity contribution in [2.75, 3.05) is 18.1 Å². The first-order chi connectivity index (χ1) is 16.0. The molecule has 1 N–H and O–H groups in total. The van der Waals surface area contributed by atoms with Gasteiger partial charge in [0.25, 0.3) is 5.91 Å². The fourth-order valence-corrected chi connectivity index (χ4v) is 3.89. The molecule has 2 aromatic carbocycles. The van der Waals surface area contributed by atoms with Gasteiger partial charge in [0.15, 0.2) is 0 Å². The van der Waals surface area contributed by atoms with Crippen LogP contribution in [0.2, 0.25) is 0 Å². The van der Waals surface area contributed by atoms with E-state index >= 15 is 0 Å². The Bertz CT molecular complexity index is 1080. The summed E-state index contributed by atoms with van der Waals surface area (Å²) in [5.74, 6) is -0.822. The summed E-state index contributed by atoms with van der Waals surface area (Å²) in [6, 6.07) is 15.0. The van der Waals surface area contributed by atoms with Gasteiger partial charge in [0.2, 0.25) is 6.17 Å². The lowest BCUT2D eigenvalue weighted by molar-refractivity contribution is -0.142. The lowest BCUT2D eigenvalue weighted by Crippen LogP contribution is -2.49. The molecule has 2 aliphatic rings. The minimum Gasteiger partial charge on any atom is -0.465 e. The lowest BCUT2D eigenvalue weighted by Gasteiger charge is -2.26. The molecule has 0 spiro atoms. The predicted molar refractivity (Wildman–Crippen MR) is 123 cm³/mol. The van der Waals surface area contributed by atoms with Gasteiger partial charge >= 0.3 is 12.1 Å². The third kappa shape index (κ3) is 5.22. The summed E-state index contributed by atoms with van der Waals surface area (Å²) < 4.78 is 10.4. The van der Waals surface area contributed by atoms with Gasteiger partial charge in [-0.1, -0.05) is 48.5 Å². The highest BCUT2D eigenvalue weighted by atomic mass is 16.5. The van der Waals surface area contributed by atoms with Gasteiger partial charge in [-0.2, -0.15) is 0 Å². The summed E-state index contributed by atoms with van der Waals surface area (Å²) in [5, 5.41) is 2.59. The number of carbonyl (C=O) groups excluding carboxylic acids is 3. The average Bonchev–Trinajstić information content (AvgIpc) is 3.65. The molecule has 8 nitrogen and oxygen atoms in total. The molecular formula is C25H27N3O5. The number of esters is 1. The van der Waals surface area contributed by atoms with Crippen molar-refractivity contribution in [2.45, 2.75) is 39.5 Å². The maximum atomic E-state index is 13.5. The van der Waals surface area contributed by atoms with Crippen molar-refractivity contribution in [3.05, 3.63) is 65.2 Å². The van der Waals surface area contributed by atoms with Gasteiger partial charge in [-0.25, -0.2) is 4.79 Å². The van der Waals surface area contributed by atoms with Gasteiger partial charge in [-0.05, 0) is 37.8 Å². The van der Waals surface area contributed by atoms with Gasteiger partial charge in [-0.15, -0.1) is 0 Å². The normalized spacial score (nSPS) is 17.5. The van der Waals surface area contributed by atoms with E-state index in [1.807, 2.05) is 55.5 Å². The van der Waals surface area contributed by atoms with Crippen LogP contribution in [-0.2, 0) is 25.7 Å². The van der Waals surface area contributed by atoms with Crippen molar-refractivity contribution in [3.8, 4) is 0 Å². The average molecular weight is 450 g/mol. The largest absolute Gasteiger partial charge is 0.465 e. The first kappa shape index (κ1) is 22.5. The third-order valence-corrected chi connectivity index (χ3v) is 5.58. The molecule has 172 valence electrons. The Hall–Kier alpha value is -3.68. The first-order valence-electron chi connectivity index (χ1n) is 11.1. The van der Waals surface area contributed by atoms with Gasteiger partial charge in [-0.3, -0.25) is 24.8 Å². The van der Waals surface area contributed by atoms with Crippen LogP contribution in [0.3, 0.4) is 0 Å². The number of hydrogen-bond acceptors (Lipinski definition) is 6. The van der Waals surface area contributed by atoms with Crippen molar-refractivity contribution < 1.29 is 23.9 Å². The number of nitrogens with zero attached hydrogens (tertiary/aromatic N) is 2. The number of benzene rings is 2. The number of aryl methyl sites for hydroxylation is 1. The topological polar surface area (TPSA) is 97.3 Å². The number of hydrogen-bond donors (Lipinski definition) is 1. The first-order valence-corrected chi connectivity index (χ1v) is 11.1. The fourth-order valence-electron chi connectivity index (χ4n) is 3.89. The van der Waals surface area contributed by atoms with Crippen LogP contribution in [0.1, 0.15) is 36.5 Å². The number of rotatable bonds is 7. The van der Waals surface area contributed by atoms with Gasteiger partial charge in [0.1, 0.15) is 13.2 Å². The fraction of sp³-hybridized carbons (Fsp3) is 0.360. The SMILES string of the molecule is CCOC(=O)CN1C(=O)[C@@H](NC(=O)OCc2ccccc2)N=C(C2CC2)c2cccc(C)c21. The molecule has 0 aromatic heterocycles. The van der Waals surface area contributed by atoms with Crippen molar-refractivity contribution >= 4 is 29.4 Å². The molecule has 1 heterocycles. The smallest absolute Gasteiger partial charge is 0.409 e. The Labute approximate surface area is 192 Å².